The fraction of sp³-hybridized carbons (Fsp3) is 0.611. The van der Waals surface area contributed by atoms with Gasteiger partial charge in [-0.25, -0.2) is 0 Å². The molecule has 0 saturated heterocycles. The fourth-order valence-electron chi connectivity index (χ4n) is 5.23. The fourth-order valence-corrected chi connectivity index (χ4v) is 5.23. The van der Waals surface area contributed by atoms with Gasteiger partial charge in [0, 0.05) is 17.8 Å². The van der Waals surface area contributed by atoms with Gasteiger partial charge in [-0.1, -0.05) is 38.8 Å². The van der Waals surface area contributed by atoms with Gasteiger partial charge >= 0.3 is 0 Å². The molecule has 2 fully saturated rings. The Morgan fingerprint density at radius 3 is 2.75 bits per heavy atom. The highest BCUT2D eigenvalue weighted by molar-refractivity contribution is 5.96. The van der Waals surface area contributed by atoms with Crippen LogP contribution in [0.4, 0.5) is 0 Å². The Morgan fingerprint density at radius 1 is 1.25 bits per heavy atom. The summed E-state index contributed by atoms with van der Waals surface area (Å²) in [7, 11) is 0. The van der Waals surface area contributed by atoms with E-state index >= 15 is 0 Å². The molecule has 1 heterocycles. The summed E-state index contributed by atoms with van der Waals surface area (Å²) in [5, 5.41) is 0. The normalized spacial score (nSPS) is 41.6. The number of allylic oxidation sites excluding steroid dienone is 2. The van der Waals surface area contributed by atoms with Crippen LogP contribution in [0.1, 0.15) is 51.7 Å². The molecule has 4 unspecified atom stereocenters. The quantitative estimate of drug-likeness (QED) is 0.711. The Balaban J connectivity index is 1.84. The first-order valence-electron chi connectivity index (χ1n) is 7.75. The molecule has 4 aliphatic rings. The van der Waals surface area contributed by atoms with Crippen LogP contribution >= 0.6 is 0 Å². The van der Waals surface area contributed by atoms with E-state index in [-0.39, 0.29) is 28.6 Å². The third kappa shape index (κ3) is 1.32. The van der Waals surface area contributed by atoms with Crippen LogP contribution in [-0.2, 0) is 4.79 Å². The van der Waals surface area contributed by atoms with Crippen molar-refractivity contribution in [2.24, 2.45) is 22.7 Å². The lowest BCUT2D eigenvalue weighted by Gasteiger charge is -2.61. The van der Waals surface area contributed by atoms with Gasteiger partial charge in [0.2, 0.25) is 0 Å². The van der Waals surface area contributed by atoms with Crippen molar-refractivity contribution in [3.8, 4) is 0 Å². The van der Waals surface area contributed by atoms with Gasteiger partial charge in [0.05, 0.1) is 6.26 Å². The first-order valence-corrected chi connectivity index (χ1v) is 7.75. The van der Waals surface area contributed by atoms with Crippen molar-refractivity contribution in [2.45, 2.75) is 46.0 Å². The van der Waals surface area contributed by atoms with E-state index in [1.807, 2.05) is 12.1 Å². The van der Waals surface area contributed by atoms with Crippen molar-refractivity contribution in [3.05, 3.63) is 35.8 Å². The third-order valence-electron chi connectivity index (χ3n) is 6.13. The van der Waals surface area contributed by atoms with E-state index in [9.17, 15) is 4.79 Å². The Morgan fingerprint density at radius 2 is 2.05 bits per heavy atom. The van der Waals surface area contributed by atoms with E-state index < -0.39 is 0 Å². The molecule has 2 saturated carbocycles. The largest absolute Gasteiger partial charge is 0.469 e. The van der Waals surface area contributed by atoms with E-state index in [1.165, 1.54) is 18.4 Å². The van der Waals surface area contributed by atoms with Gasteiger partial charge in [-0.2, -0.15) is 0 Å². The molecule has 0 aromatic carbocycles. The highest BCUT2D eigenvalue weighted by atomic mass is 16.3. The SMILES string of the molecule is CC1(C)CCCC2(C)C1=CC1C(=O)C2C1c1ccco1. The molecule has 0 radical (unpaired) electrons. The smallest absolute Gasteiger partial charge is 0.145 e. The van der Waals surface area contributed by atoms with E-state index in [4.69, 9.17) is 4.42 Å². The lowest BCUT2D eigenvalue weighted by molar-refractivity contribution is -0.146. The number of carbonyl (C=O) groups is 1. The number of hydrogen-bond acceptors (Lipinski definition) is 2. The molecule has 2 nitrogen and oxygen atoms in total. The molecule has 0 spiro atoms. The Hall–Kier alpha value is -1.31. The highest BCUT2D eigenvalue weighted by Gasteiger charge is 2.64. The van der Waals surface area contributed by atoms with Crippen LogP contribution in [-0.4, -0.2) is 5.78 Å². The van der Waals surface area contributed by atoms with Gasteiger partial charge in [0.1, 0.15) is 11.5 Å². The monoisotopic (exact) mass is 270 g/mol. The number of Topliss-reactive ketones (excluding diaryl/α,β-unsaturated/α-hetero) is 1. The zero-order chi connectivity index (χ0) is 14.1. The maximum Gasteiger partial charge on any atom is 0.145 e. The molecule has 0 N–H and O–H groups in total. The molecule has 4 atom stereocenters. The molecule has 106 valence electrons. The lowest BCUT2D eigenvalue weighted by Crippen LogP contribution is -2.59. The maximum atomic E-state index is 12.5. The highest BCUT2D eigenvalue weighted by Crippen LogP contribution is 2.67. The number of furan rings is 1. The first kappa shape index (κ1) is 12.4. The predicted octanol–water partition coefficient (Wildman–Crippen LogP) is 4.33. The van der Waals surface area contributed by atoms with Crippen LogP contribution < -0.4 is 0 Å². The summed E-state index contributed by atoms with van der Waals surface area (Å²) in [6.07, 6.45) is 7.64. The third-order valence-corrected chi connectivity index (χ3v) is 6.13. The summed E-state index contributed by atoms with van der Waals surface area (Å²) in [5.41, 5.74) is 1.83. The molecule has 2 heteroatoms. The zero-order valence-corrected chi connectivity index (χ0v) is 12.5. The van der Waals surface area contributed by atoms with Crippen molar-refractivity contribution in [1.29, 1.82) is 0 Å². The van der Waals surface area contributed by atoms with E-state index in [1.54, 1.807) is 6.26 Å². The van der Waals surface area contributed by atoms with Gasteiger partial charge in [-0.3, -0.25) is 4.79 Å². The zero-order valence-electron chi connectivity index (χ0n) is 12.5. The first-order chi connectivity index (χ1) is 9.45. The van der Waals surface area contributed by atoms with Crippen LogP contribution in [0.15, 0.2) is 34.5 Å². The minimum atomic E-state index is 0.0467. The molecule has 0 aliphatic heterocycles. The number of hydrogen-bond donors (Lipinski definition) is 0. The Bertz CT molecular complexity index is 593. The lowest BCUT2D eigenvalue weighted by atomic mass is 9.41. The summed E-state index contributed by atoms with van der Waals surface area (Å²) in [4.78, 5) is 12.5. The minimum absolute atomic E-state index is 0.0467. The van der Waals surface area contributed by atoms with E-state index in [0.29, 0.717) is 5.78 Å². The topological polar surface area (TPSA) is 30.2 Å². The molecule has 5 rings (SSSR count). The van der Waals surface area contributed by atoms with Crippen molar-refractivity contribution in [3.63, 3.8) is 0 Å². The van der Waals surface area contributed by atoms with E-state index in [2.05, 4.69) is 26.8 Å². The van der Waals surface area contributed by atoms with E-state index in [0.717, 1.165) is 12.2 Å². The van der Waals surface area contributed by atoms with Crippen LogP contribution in [0.3, 0.4) is 0 Å². The summed E-state index contributed by atoms with van der Waals surface area (Å²) in [5.74, 6) is 1.92. The van der Waals surface area contributed by atoms with Crippen molar-refractivity contribution >= 4 is 5.78 Å². The second-order valence-electron chi connectivity index (χ2n) is 7.68. The van der Waals surface area contributed by atoms with Gasteiger partial charge < -0.3 is 4.42 Å². The average Bonchev–Trinajstić information content (AvgIpc) is 2.87. The second-order valence-corrected chi connectivity index (χ2v) is 7.68. The molecular weight excluding hydrogens is 248 g/mol. The maximum absolute atomic E-state index is 12.5. The van der Waals surface area contributed by atoms with Crippen LogP contribution in [0.5, 0.6) is 0 Å². The van der Waals surface area contributed by atoms with Gasteiger partial charge in [0.15, 0.2) is 0 Å². The predicted molar refractivity (Wildman–Crippen MR) is 77.3 cm³/mol. The second kappa shape index (κ2) is 3.66. The average molecular weight is 270 g/mol. The van der Waals surface area contributed by atoms with Crippen LogP contribution in [0.2, 0.25) is 0 Å². The number of carbonyl (C=O) groups excluding carboxylic acids is 1. The minimum Gasteiger partial charge on any atom is -0.469 e. The van der Waals surface area contributed by atoms with Crippen molar-refractivity contribution in [1.82, 2.24) is 0 Å². The molecule has 1 aromatic heterocycles. The summed E-state index contributed by atoms with van der Waals surface area (Å²) >= 11 is 0. The van der Waals surface area contributed by atoms with Gasteiger partial charge in [0.25, 0.3) is 0 Å². The summed E-state index contributed by atoms with van der Waals surface area (Å²) in [6, 6.07) is 3.97. The van der Waals surface area contributed by atoms with Gasteiger partial charge in [-0.05, 0) is 35.8 Å². The standard InChI is InChI=1S/C18H22O2/c1-17(2)7-5-8-18(3)13(17)10-11-14(15(18)16(11)19)12-6-4-9-20-12/h4,6,9-11,14-15H,5,7-8H2,1-3H3. The Kier molecular flexibility index (Phi) is 2.28. The summed E-state index contributed by atoms with van der Waals surface area (Å²) in [6.45, 7) is 6.99. The van der Waals surface area contributed by atoms with Crippen LogP contribution in [0.25, 0.3) is 0 Å². The molecule has 20 heavy (non-hydrogen) atoms. The van der Waals surface area contributed by atoms with Crippen molar-refractivity contribution in [2.75, 3.05) is 0 Å². The molecule has 1 aromatic rings. The van der Waals surface area contributed by atoms with Gasteiger partial charge in [-0.15, -0.1) is 0 Å². The molecule has 2 bridgehead atoms. The molecule has 0 amide bonds. The van der Waals surface area contributed by atoms with Crippen molar-refractivity contribution < 1.29 is 9.21 Å². The number of ketones is 1. The number of rotatable bonds is 1. The van der Waals surface area contributed by atoms with Crippen LogP contribution in [0, 0.1) is 22.7 Å². The molecule has 4 aliphatic carbocycles. The molecular formula is C18H22O2. The Labute approximate surface area is 120 Å². The summed E-state index contributed by atoms with van der Waals surface area (Å²) < 4.78 is 5.62.